The molecule has 1 amide bonds. The first-order chi connectivity index (χ1) is 9.91. The summed E-state index contributed by atoms with van der Waals surface area (Å²) in [6.45, 7) is -0.380. The number of aromatic amines is 1. The second kappa shape index (κ2) is 4.34. The summed E-state index contributed by atoms with van der Waals surface area (Å²) in [6.07, 6.45) is 0. The third kappa shape index (κ3) is 1.94. The smallest absolute Gasteiger partial charge is 0.335 e. The number of hydrogen-bond donors (Lipinski definition) is 2. The first-order valence-electron chi connectivity index (χ1n) is 5.58. The number of nitrogens with one attached hydrogen (secondary N) is 1. The average molecular weight is 309 g/mol. The molecule has 0 radical (unpaired) electrons. The summed E-state index contributed by atoms with van der Waals surface area (Å²) < 4.78 is 25.2. The molecule has 11 heteroatoms. The van der Waals surface area contributed by atoms with Crippen molar-refractivity contribution in [1.29, 1.82) is 0 Å². The molecule has 0 spiro atoms. The molecule has 1 aliphatic heterocycles. The Hall–Kier alpha value is -2.82. The Bertz CT molecular complexity index is 845. The Balaban J connectivity index is 2.08. The second-order valence-electron chi connectivity index (χ2n) is 4.16. The minimum Gasteiger partial charge on any atom is -0.478 e. The number of benzene rings is 1. The number of aromatic nitrogens is 4. The lowest BCUT2D eigenvalue weighted by molar-refractivity contribution is 0.0695. The normalized spacial score (nSPS) is 16.0. The number of amides is 1. The van der Waals surface area contributed by atoms with Crippen LogP contribution in [-0.2, 0) is 16.6 Å². The van der Waals surface area contributed by atoms with Crippen LogP contribution in [0.25, 0.3) is 0 Å². The lowest BCUT2D eigenvalue weighted by Crippen LogP contribution is -2.29. The Kier molecular flexibility index (Phi) is 2.73. The molecule has 0 aliphatic carbocycles. The fraction of sp³-hybridized carbons (Fsp3) is 0.100. The van der Waals surface area contributed by atoms with Crippen LogP contribution >= 0.6 is 0 Å². The van der Waals surface area contributed by atoms with Crippen LogP contribution in [0.1, 0.15) is 26.5 Å². The molecule has 0 fully saturated rings. The van der Waals surface area contributed by atoms with Gasteiger partial charge in [-0.2, -0.15) is 5.21 Å². The third-order valence-corrected chi connectivity index (χ3v) is 4.70. The number of carboxylic acids is 1. The van der Waals surface area contributed by atoms with E-state index < -0.39 is 21.9 Å². The molecule has 0 saturated carbocycles. The molecule has 108 valence electrons. The zero-order valence-corrected chi connectivity index (χ0v) is 11.0. The van der Waals surface area contributed by atoms with Gasteiger partial charge in [0, 0.05) is 0 Å². The summed E-state index contributed by atoms with van der Waals surface area (Å²) >= 11 is 0. The maximum atomic E-state index is 12.3. The molecule has 21 heavy (non-hydrogen) atoms. The molecule has 0 saturated heterocycles. The molecule has 2 aromatic rings. The van der Waals surface area contributed by atoms with E-state index in [1.807, 2.05) is 0 Å². The molecule has 1 aromatic carbocycles. The highest BCUT2D eigenvalue weighted by atomic mass is 32.2. The van der Waals surface area contributed by atoms with Gasteiger partial charge in [0.15, 0.2) is 5.82 Å². The highest BCUT2D eigenvalue weighted by molar-refractivity contribution is 7.90. The standard InChI is InChI=1S/C10H7N5O5S/c16-9-6-2-1-5(10(17)18)3-7(6)21(19,20)15(9)4-8-11-13-14-12-8/h1-3H,4H2,(H,17,18)(H,11,12,13,14). The largest absolute Gasteiger partial charge is 0.478 e. The van der Waals surface area contributed by atoms with E-state index in [0.29, 0.717) is 4.31 Å². The van der Waals surface area contributed by atoms with Crippen LogP contribution in [-0.4, -0.2) is 50.3 Å². The molecular weight excluding hydrogens is 302 g/mol. The van der Waals surface area contributed by atoms with Gasteiger partial charge in [0.05, 0.1) is 11.1 Å². The van der Waals surface area contributed by atoms with Crippen molar-refractivity contribution < 1.29 is 23.1 Å². The lowest BCUT2D eigenvalue weighted by atomic mass is 10.1. The first-order valence-corrected chi connectivity index (χ1v) is 7.02. The second-order valence-corrected chi connectivity index (χ2v) is 5.99. The zero-order valence-electron chi connectivity index (χ0n) is 10.2. The number of carboxylic acid groups (broad SMARTS) is 1. The van der Waals surface area contributed by atoms with E-state index in [4.69, 9.17) is 5.11 Å². The Morgan fingerprint density at radius 1 is 1.38 bits per heavy atom. The van der Waals surface area contributed by atoms with Crippen LogP contribution in [0.5, 0.6) is 0 Å². The minimum absolute atomic E-state index is 0.0261. The molecule has 2 N–H and O–H groups in total. The molecule has 1 aliphatic rings. The van der Waals surface area contributed by atoms with Crippen LogP contribution < -0.4 is 0 Å². The van der Waals surface area contributed by atoms with Crippen LogP contribution in [0.15, 0.2) is 23.1 Å². The number of sulfonamides is 1. The van der Waals surface area contributed by atoms with Crippen molar-refractivity contribution in [2.45, 2.75) is 11.4 Å². The van der Waals surface area contributed by atoms with Crippen molar-refractivity contribution in [2.24, 2.45) is 0 Å². The Labute approximate surface area is 117 Å². The molecular formula is C10H7N5O5S. The topological polar surface area (TPSA) is 146 Å². The van der Waals surface area contributed by atoms with E-state index in [9.17, 15) is 18.0 Å². The van der Waals surface area contributed by atoms with Crippen LogP contribution in [0, 0.1) is 0 Å². The van der Waals surface area contributed by atoms with E-state index in [1.165, 1.54) is 12.1 Å². The Morgan fingerprint density at radius 2 is 2.14 bits per heavy atom. The van der Waals surface area contributed by atoms with Crippen molar-refractivity contribution >= 4 is 21.9 Å². The van der Waals surface area contributed by atoms with Crippen LogP contribution in [0.4, 0.5) is 0 Å². The number of carbonyl (C=O) groups excluding carboxylic acids is 1. The van der Waals surface area contributed by atoms with Gasteiger partial charge in [-0.25, -0.2) is 17.5 Å². The summed E-state index contributed by atoms with van der Waals surface area (Å²) in [5.41, 5.74) is -0.296. The molecule has 2 heterocycles. The van der Waals surface area contributed by atoms with E-state index in [-0.39, 0.29) is 28.4 Å². The van der Waals surface area contributed by atoms with E-state index >= 15 is 0 Å². The average Bonchev–Trinajstić information content (AvgIpc) is 3.01. The van der Waals surface area contributed by atoms with Crippen LogP contribution in [0.2, 0.25) is 0 Å². The summed E-state index contributed by atoms with van der Waals surface area (Å²) in [5.74, 6) is -2.01. The predicted molar refractivity (Wildman–Crippen MR) is 64.6 cm³/mol. The Morgan fingerprint density at radius 3 is 2.76 bits per heavy atom. The van der Waals surface area contributed by atoms with Gasteiger partial charge < -0.3 is 5.11 Å². The number of aromatic carboxylic acids is 1. The molecule has 10 nitrogen and oxygen atoms in total. The molecule has 3 rings (SSSR count). The van der Waals surface area contributed by atoms with E-state index in [2.05, 4.69) is 20.6 Å². The van der Waals surface area contributed by atoms with Gasteiger partial charge in [-0.05, 0) is 18.2 Å². The van der Waals surface area contributed by atoms with Gasteiger partial charge in [-0.15, -0.1) is 10.2 Å². The molecule has 0 unspecified atom stereocenters. The highest BCUT2D eigenvalue weighted by Gasteiger charge is 2.42. The number of fused-ring (bicyclic) bond motifs is 1. The highest BCUT2D eigenvalue weighted by Crippen LogP contribution is 2.31. The predicted octanol–water partition coefficient (Wildman–Crippen LogP) is -0.757. The van der Waals surface area contributed by atoms with Gasteiger partial charge in [0.25, 0.3) is 15.9 Å². The zero-order chi connectivity index (χ0) is 15.2. The van der Waals surface area contributed by atoms with Crippen LogP contribution in [0.3, 0.4) is 0 Å². The fourth-order valence-corrected chi connectivity index (χ4v) is 3.49. The summed E-state index contributed by atoms with van der Waals surface area (Å²) in [6, 6.07) is 3.31. The SMILES string of the molecule is O=C(O)c1ccc2c(c1)S(=O)(=O)N(Cc1nn[nH]n1)C2=O. The number of hydrogen-bond acceptors (Lipinski definition) is 7. The summed E-state index contributed by atoms with van der Waals surface area (Å²) in [4.78, 5) is 22.7. The van der Waals surface area contributed by atoms with Crippen molar-refractivity contribution in [3.05, 3.63) is 35.2 Å². The maximum absolute atomic E-state index is 12.3. The van der Waals surface area contributed by atoms with Crippen molar-refractivity contribution in [1.82, 2.24) is 24.9 Å². The molecule has 0 atom stereocenters. The van der Waals surface area contributed by atoms with E-state index in [0.717, 1.165) is 6.07 Å². The third-order valence-electron chi connectivity index (χ3n) is 2.93. The fourth-order valence-electron chi connectivity index (χ4n) is 1.94. The molecule has 1 aromatic heterocycles. The summed E-state index contributed by atoms with van der Waals surface area (Å²) in [7, 11) is -4.13. The number of tetrazole rings is 1. The summed E-state index contributed by atoms with van der Waals surface area (Å²) in [5, 5.41) is 21.5. The molecule has 0 bridgehead atoms. The van der Waals surface area contributed by atoms with Crippen molar-refractivity contribution in [2.75, 3.05) is 0 Å². The van der Waals surface area contributed by atoms with Gasteiger partial charge >= 0.3 is 5.97 Å². The lowest BCUT2D eigenvalue weighted by Gasteiger charge is -2.11. The van der Waals surface area contributed by atoms with Gasteiger partial charge in [-0.1, -0.05) is 5.21 Å². The van der Waals surface area contributed by atoms with Gasteiger partial charge in [-0.3, -0.25) is 4.79 Å². The van der Waals surface area contributed by atoms with Crippen molar-refractivity contribution in [3.8, 4) is 0 Å². The monoisotopic (exact) mass is 309 g/mol. The first kappa shape index (κ1) is 13.2. The maximum Gasteiger partial charge on any atom is 0.335 e. The van der Waals surface area contributed by atoms with Gasteiger partial charge in [0.1, 0.15) is 11.4 Å². The van der Waals surface area contributed by atoms with Gasteiger partial charge in [0.2, 0.25) is 0 Å². The number of H-pyrrole nitrogens is 1. The van der Waals surface area contributed by atoms with E-state index in [1.54, 1.807) is 0 Å². The number of carbonyl (C=O) groups is 2. The quantitative estimate of drug-likeness (QED) is 0.752. The number of rotatable bonds is 3. The van der Waals surface area contributed by atoms with Crippen molar-refractivity contribution in [3.63, 3.8) is 0 Å². The minimum atomic E-state index is -4.13. The number of nitrogens with zero attached hydrogens (tertiary/aromatic N) is 4.